The van der Waals surface area contributed by atoms with Crippen LogP contribution in [0.15, 0.2) is 121 Å². The molecule has 1 aliphatic heterocycles. The number of nitrogens with two attached hydrogens (primary N) is 4. The Kier molecular flexibility index (Phi) is 23.9. The van der Waals surface area contributed by atoms with Gasteiger partial charge in [0, 0.05) is 18.9 Å². The number of benzene rings is 4. The van der Waals surface area contributed by atoms with Gasteiger partial charge in [-0.25, -0.2) is 19.7 Å². The Hall–Kier alpha value is -10.8. The van der Waals surface area contributed by atoms with E-state index in [0.29, 0.717) is 100 Å². The molecule has 8 aromatic heterocycles. The number of alkyl halides is 1. The average Bonchev–Trinajstić information content (AvgIpc) is 1.63. The summed E-state index contributed by atoms with van der Waals surface area (Å²) in [6.45, 7) is 10.0. The van der Waals surface area contributed by atoms with Gasteiger partial charge in [0.15, 0.2) is 51.4 Å². The number of likely N-dealkylation sites (tertiary alicyclic amines) is 1. The van der Waals surface area contributed by atoms with Crippen molar-refractivity contribution in [3.63, 3.8) is 0 Å². The molecule has 0 saturated carbocycles. The number of aromatic amines is 1. The van der Waals surface area contributed by atoms with Gasteiger partial charge in [-0.05, 0) is 126 Å². The first-order chi connectivity index (χ1) is 46.1. The second kappa shape index (κ2) is 33.1. The van der Waals surface area contributed by atoms with Crippen molar-refractivity contribution >= 4 is 107 Å². The second-order valence-corrected chi connectivity index (χ2v) is 22.8. The molecule has 95 heavy (non-hydrogen) atoms. The summed E-state index contributed by atoms with van der Waals surface area (Å²) >= 11 is 14.7. The maximum atomic E-state index is 12.9. The van der Waals surface area contributed by atoms with Gasteiger partial charge in [0.25, 0.3) is 0 Å². The third-order valence-corrected chi connectivity index (χ3v) is 15.6. The van der Waals surface area contributed by atoms with E-state index in [9.17, 15) is 4.79 Å². The highest BCUT2D eigenvalue weighted by Crippen LogP contribution is 2.25. The largest absolute Gasteiger partial charge is 0.463 e. The molecule has 12 aromatic rings. The van der Waals surface area contributed by atoms with Crippen LogP contribution in [-0.4, -0.2) is 109 Å². The SMILES string of the molecule is CCCCOc1nc(N)c2c(n1)n(Cc1cccc(CN3CCCC3)c1)c(=O)n2C.CCCCOc1nc(N)c2ncn(Cc3cccc(C#N)c3)c2n1.N#Cc1cccc(CBr)c1.N#Cc1cccc(Cn2cnc3c(N)nc(Cl)nc32)c1.Nc1nc(Cl)nc2nc[nH]c12. The van der Waals surface area contributed by atoms with Gasteiger partial charge in [0.2, 0.25) is 10.6 Å². The van der Waals surface area contributed by atoms with Crippen LogP contribution in [0, 0.1) is 34.0 Å². The number of imidazole rings is 4. The predicted molar refractivity (Wildman–Crippen MR) is 368 cm³/mol. The number of aryl methyl sites for hydroxylation is 1. The van der Waals surface area contributed by atoms with Crippen LogP contribution in [0.4, 0.5) is 23.3 Å². The molecule has 0 amide bonds. The topological polar surface area (TPSA) is 392 Å². The van der Waals surface area contributed by atoms with Crippen molar-refractivity contribution in [2.75, 3.05) is 49.2 Å². The van der Waals surface area contributed by atoms with Gasteiger partial charge in [-0.1, -0.05) is 103 Å². The predicted octanol–water partition coefficient (Wildman–Crippen LogP) is 10.1. The summed E-state index contributed by atoms with van der Waals surface area (Å²) < 4.78 is 18.1. The lowest BCUT2D eigenvalue weighted by molar-refractivity contribution is 0.286. The van der Waals surface area contributed by atoms with Crippen LogP contribution in [0.2, 0.25) is 10.6 Å². The van der Waals surface area contributed by atoms with Crippen molar-refractivity contribution < 1.29 is 9.47 Å². The molecule has 9 N–H and O–H groups in total. The highest BCUT2D eigenvalue weighted by molar-refractivity contribution is 9.08. The first kappa shape index (κ1) is 68.5. The standard InChI is InChI=1S/C22H30N6O2.C17H18N6O.C13H9ClN6.C8H6BrN.C5H4ClN5/c1-3-4-12-30-21-24-19(23)18-20(25-21)28(22(29)26(18)2)15-17-9-7-8-16(13-17)14-27-10-5-6-11-27;1-2-3-7-24-17-21-15(19)14-16(22-17)23(11-20-14)10-13-6-4-5-12(8-13)9-18;14-13-18-11(16)10-12(19-13)20(7-17-10)6-9-3-1-2-8(4-9)5-15;9-5-7-2-1-3-8(4-7)6-10;6-5-10-3(7)2-4(11-5)9-1-8-2/h7-9,13H,3-6,10-12,14-15H2,1-2H3,(H2,23,24,25);4-6,8,11H,2-3,7,10H2,1H3,(H2,19,21,22);1-4,7H,6H2,(H2,16,18,19);1-4H,5H2;1H,(H3,7,8,9,10,11). The molecule has 0 spiro atoms. The summed E-state index contributed by atoms with van der Waals surface area (Å²) in [6.07, 6.45) is 11.2. The van der Waals surface area contributed by atoms with E-state index < -0.39 is 0 Å². The first-order valence-corrected chi connectivity index (χ1v) is 32.0. The molecular weight excluding hydrogens is 1320 g/mol. The summed E-state index contributed by atoms with van der Waals surface area (Å²) in [5, 5.41) is 27.4. The van der Waals surface area contributed by atoms with E-state index in [1.807, 2.05) is 69.8 Å². The molecule has 27 nitrogen and oxygen atoms in total. The van der Waals surface area contributed by atoms with E-state index in [1.165, 1.54) is 29.3 Å². The van der Waals surface area contributed by atoms with Crippen molar-refractivity contribution in [2.24, 2.45) is 7.05 Å². The highest BCUT2D eigenvalue weighted by Gasteiger charge is 2.20. The lowest BCUT2D eigenvalue weighted by atomic mass is 10.1. The molecule has 4 aromatic carbocycles. The molecule has 13 rings (SSSR count). The molecule has 0 aliphatic carbocycles. The third-order valence-electron chi connectivity index (χ3n) is 14.6. The molecule has 486 valence electrons. The molecule has 9 heterocycles. The number of ether oxygens (including phenoxy) is 2. The molecule has 30 heteroatoms. The summed E-state index contributed by atoms with van der Waals surface area (Å²) in [4.78, 5) is 63.4. The minimum atomic E-state index is -0.165. The Labute approximate surface area is 564 Å². The van der Waals surface area contributed by atoms with E-state index in [1.54, 1.807) is 42.5 Å². The van der Waals surface area contributed by atoms with Gasteiger partial charge in [0.1, 0.15) is 16.6 Å². The lowest BCUT2D eigenvalue weighted by Crippen LogP contribution is -2.23. The number of hydrogen-bond acceptors (Lipinski definition) is 22. The molecule has 1 saturated heterocycles. The number of aromatic nitrogens is 16. The van der Waals surface area contributed by atoms with Gasteiger partial charge in [0.05, 0.1) is 86.7 Å². The van der Waals surface area contributed by atoms with Crippen LogP contribution in [-0.2, 0) is 38.6 Å². The van der Waals surface area contributed by atoms with Crippen LogP contribution in [0.1, 0.15) is 96.9 Å². The Bertz CT molecular complexity index is 4810. The zero-order chi connectivity index (χ0) is 67.4. The van der Waals surface area contributed by atoms with E-state index in [2.05, 4.69) is 131 Å². The van der Waals surface area contributed by atoms with E-state index in [0.717, 1.165) is 78.5 Å². The summed E-state index contributed by atoms with van der Waals surface area (Å²) in [5.74, 6) is 1.13. The molecule has 1 aliphatic rings. The minimum Gasteiger partial charge on any atom is -0.463 e. The fraction of sp³-hybridized carbons (Fsp3) is 0.277. The van der Waals surface area contributed by atoms with Gasteiger partial charge in [-0.15, -0.1) is 0 Å². The van der Waals surface area contributed by atoms with Crippen molar-refractivity contribution in [3.8, 4) is 30.2 Å². The normalized spacial score (nSPS) is 11.7. The monoisotopic (exact) mass is 1380 g/mol. The number of nitrogens with zero attached hydrogens (tertiary/aromatic N) is 19. The molecule has 0 bridgehead atoms. The first-order valence-electron chi connectivity index (χ1n) is 30.1. The number of nitrogens with one attached hydrogen (secondary N) is 1. The number of rotatable bonds is 17. The summed E-state index contributed by atoms with van der Waals surface area (Å²) in [7, 11) is 1.70. The number of nitrogen functional groups attached to an aromatic ring is 4. The van der Waals surface area contributed by atoms with Crippen molar-refractivity contribution in [1.29, 1.82) is 15.8 Å². The average molecular weight is 1380 g/mol. The Morgan fingerprint density at radius 1 is 0.568 bits per heavy atom. The number of unbranched alkanes of at least 4 members (excludes halogenated alkanes) is 2. The molecule has 0 atom stereocenters. The maximum absolute atomic E-state index is 12.9. The quantitative estimate of drug-likeness (QED) is 0.0321. The van der Waals surface area contributed by atoms with Crippen molar-refractivity contribution in [1.82, 2.24) is 83.0 Å². The van der Waals surface area contributed by atoms with Gasteiger partial charge < -0.3 is 46.5 Å². The van der Waals surface area contributed by atoms with Crippen LogP contribution in [0.5, 0.6) is 12.0 Å². The molecule has 1 fully saturated rings. The lowest BCUT2D eigenvalue weighted by Gasteiger charge is -2.15. The van der Waals surface area contributed by atoms with E-state index in [-0.39, 0.29) is 39.9 Å². The van der Waals surface area contributed by atoms with Gasteiger partial charge >= 0.3 is 17.7 Å². The van der Waals surface area contributed by atoms with Gasteiger partial charge in [-0.3, -0.25) is 14.0 Å². The number of nitriles is 3. The Balaban J connectivity index is 0.000000147. The van der Waals surface area contributed by atoms with Gasteiger partial charge in [-0.2, -0.15) is 55.7 Å². The fourth-order valence-corrected chi connectivity index (χ4v) is 10.6. The minimum absolute atomic E-state index is 0.0857. The number of halogens is 3. The van der Waals surface area contributed by atoms with Crippen LogP contribution in [0.25, 0.3) is 44.7 Å². The Morgan fingerprint density at radius 2 is 1.04 bits per heavy atom. The van der Waals surface area contributed by atoms with Crippen molar-refractivity contribution in [2.45, 2.75) is 83.9 Å². The molecule has 0 unspecified atom stereocenters. The van der Waals surface area contributed by atoms with Crippen molar-refractivity contribution in [3.05, 3.63) is 182 Å². The zero-order valence-electron chi connectivity index (χ0n) is 52.2. The molecule has 0 radical (unpaired) electrons. The number of H-pyrrole nitrogens is 1. The maximum Gasteiger partial charge on any atom is 0.330 e. The number of anilines is 4. The second-order valence-electron chi connectivity index (χ2n) is 21.6. The highest BCUT2D eigenvalue weighted by atomic mass is 79.9. The Morgan fingerprint density at radius 3 is 1.60 bits per heavy atom. The number of hydrogen-bond donors (Lipinski definition) is 5. The van der Waals surface area contributed by atoms with Crippen LogP contribution in [0.3, 0.4) is 0 Å². The van der Waals surface area contributed by atoms with E-state index >= 15 is 0 Å². The fourth-order valence-electron chi connectivity index (χ4n) is 9.95. The number of fused-ring (bicyclic) bond motifs is 4. The molecular formula is C65H67BrCl2N24O3. The van der Waals surface area contributed by atoms with E-state index in [4.69, 9.17) is 71.4 Å². The van der Waals surface area contributed by atoms with Crippen LogP contribution >= 0.6 is 39.1 Å². The smallest absolute Gasteiger partial charge is 0.330 e. The van der Waals surface area contributed by atoms with Crippen LogP contribution < -0.4 is 38.1 Å². The summed E-state index contributed by atoms with van der Waals surface area (Å²) in [5.41, 5.74) is 35.0. The third kappa shape index (κ3) is 18.1. The zero-order valence-corrected chi connectivity index (χ0v) is 55.3. The summed E-state index contributed by atoms with van der Waals surface area (Å²) in [6, 6.07) is 37.5.